The van der Waals surface area contributed by atoms with Crippen LogP contribution >= 0.6 is 0 Å². The van der Waals surface area contributed by atoms with Crippen LogP contribution in [-0.4, -0.2) is 31.7 Å². The molecule has 1 saturated heterocycles. The summed E-state index contributed by atoms with van der Waals surface area (Å²) < 4.78 is 33.2. The van der Waals surface area contributed by atoms with E-state index >= 15 is 0 Å². The number of rotatable bonds is 6. The number of ketones is 1. The third-order valence-electron chi connectivity index (χ3n) is 4.42. The number of carbonyl (C=O) groups excluding carboxylic acids is 1. The monoisotopic (exact) mass is 390 g/mol. The molecule has 0 aliphatic carbocycles. The zero-order valence-corrected chi connectivity index (χ0v) is 15.8. The molecule has 1 heterocycles. The lowest BCUT2D eigenvalue weighted by Gasteiger charge is -2.29. The lowest BCUT2D eigenvalue weighted by atomic mass is 9.94. The van der Waals surface area contributed by atoms with Gasteiger partial charge in [0.05, 0.1) is 18.5 Å². The number of Topliss-reactive ketones (excluding diaryl/α,β-unsaturated/α-hetero) is 1. The summed E-state index contributed by atoms with van der Waals surface area (Å²) >= 11 is 0. The molecule has 1 aliphatic heterocycles. The SMILES string of the molecule is CS(=O)(=O)Oc1ccc(CC[C@H]2CC(=O)C[C@@H](c3ccc(O)cc3)O2)cc1. The molecule has 2 atom stereocenters. The highest BCUT2D eigenvalue weighted by atomic mass is 32.2. The third kappa shape index (κ3) is 5.80. The second kappa shape index (κ2) is 8.10. The van der Waals surface area contributed by atoms with Crippen LogP contribution in [0.3, 0.4) is 0 Å². The molecule has 7 heteroatoms. The van der Waals surface area contributed by atoms with Gasteiger partial charge in [-0.3, -0.25) is 4.79 Å². The first-order valence-corrected chi connectivity index (χ1v) is 10.5. The van der Waals surface area contributed by atoms with Crippen molar-refractivity contribution in [1.82, 2.24) is 0 Å². The molecule has 2 aromatic rings. The van der Waals surface area contributed by atoms with Crippen LogP contribution in [0.2, 0.25) is 0 Å². The van der Waals surface area contributed by atoms with Crippen molar-refractivity contribution in [2.24, 2.45) is 0 Å². The van der Waals surface area contributed by atoms with Crippen LogP contribution in [0.1, 0.15) is 36.5 Å². The Kier molecular flexibility index (Phi) is 5.82. The molecular weight excluding hydrogens is 368 g/mol. The summed E-state index contributed by atoms with van der Waals surface area (Å²) in [5.41, 5.74) is 1.90. The first-order valence-electron chi connectivity index (χ1n) is 8.73. The maximum atomic E-state index is 12.1. The Morgan fingerprint density at radius 3 is 2.37 bits per heavy atom. The molecule has 1 N–H and O–H groups in total. The molecule has 0 amide bonds. The summed E-state index contributed by atoms with van der Waals surface area (Å²) in [6.07, 6.45) is 2.68. The van der Waals surface area contributed by atoms with Crippen molar-refractivity contribution >= 4 is 15.9 Å². The van der Waals surface area contributed by atoms with Crippen molar-refractivity contribution in [2.75, 3.05) is 6.26 Å². The molecular formula is C20H22O6S. The van der Waals surface area contributed by atoms with Crippen LogP contribution in [0.25, 0.3) is 0 Å². The number of ether oxygens (including phenoxy) is 1. The van der Waals surface area contributed by atoms with E-state index in [0.717, 1.165) is 17.4 Å². The molecule has 144 valence electrons. The van der Waals surface area contributed by atoms with E-state index in [1.165, 1.54) is 0 Å². The first kappa shape index (κ1) is 19.4. The molecule has 0 spiro atoms. The van der Waals surface area contributed by atoms with Crippen molar-refractivity contribution in [3.63, 3.8) is 0 Å². The van der Waals surface area contributed by atoms with Gasteiger partial charge in [-0.1, -0.05) is 24.3 Å². The van der Waals surface area contributed by atoms with E-state index in [1.807, 2.05) is 12.1 Å². The lowest BCUT2D eigenvalue weighted by Crippen LogP contribution is -2.28. The van der Waals surface area contributed by atoms with Gasteiger partial charge in [0.1, 0.15) is 17.3 Å². The van der Waals surface area contributed by atoms with E-state index < -0.39 is 10.1 Å². The molecule has 0 unspecified atom stereocenters. The van der Waals surface area contributed by atoms with Crippen molar-refractivity contribution in [1.29, 1.82) is 0 Å². The molecule has 0 saturated carbocycles. The van der Waals surface area contributed by atoms with Gasteiger partial charge in [-0.05, 0) is 48.2 Å². The van der Waals surface area contributed by atoms with Gasteiger partial charge in [0.15, 0.2) is 0 Å². The Bertz CT molecular complexity index is 887. The second-order valence-corrected chi connectivity index (χ2v) is 8.33. The molecule has 6 nitrogen and oxygen atoms in total. The lowest BCUT2D eigenvalue weighted by molar-refractivity contribution is -0.136. The number of aromatic hydroxyl groups is 1. The van der Waals surface area contributed by atoms with E-state index in [0.29, 0.717) is 25.7 Å². The van der Waals surface area contributed by atoms with E-state index in [9.17, 15) is 18.3 Å². The molecule has 0 radical (unpaired) electrons. The highest BCUT2D eigenvalue weighted by Crippen LogP contribution is 2.32. The van der Waals surface area contributed by atoms with Crippen LogP contribution in [0, 0.1) is 0 Å². The van der Waals surface area contributed by atoms with Crippen molar-refractivity contribution in [2.45, 2.75) is 37.9 Å². The Morgan fingerprint density at radius 1 is 1.07 bits per heavy atom. The first-order chi connectivity index (χ1) is 12.8. The maximum Gasteiger partial charge on any atom is 0.306 e. The van der Waals surface area contributed by atoms with Crippen LogP contribution in [0.15, 0.2) is 48.5 Å². The van der Waals surface area contributed by atoms with Gasteiger partial charge in [0.2, 0.25) is 0 Å². The maximum absolute atomic E-state index is 12.1. The smallest absolute Gasteiger partial charge is 0.306 e. The van der Waals surface area contributed by atoms with E-state index in [1.54, 1.807) is 36.4 Å². The van der Waals surface area contributed by atoms with Crippen LogP contribution < -0.4 is 4.18 Å². The van der Waals surface area contributed by atoms with E-state index in [2.05, 4.69) is 0 Å². The van der Waals surface area contributed by atoms with Gasteiger partial charge in [-0.25, -0.2) is 0 Å². The number of phenolic OH excluding ortho intramolecular Hbond substituents is 1. The van der Waals surface area contributed by atoms with Gasteiger partial charge in [-0.2, -0.15) is 8.42 Å². The molecule has 0 bridgehead atoms. The normalized spacial score (nSPS) is 20.4. The largest absolute Gasteiger partial charge is 0.508 e. The number of phenols is 1. The summed E-state index contributed by atoms with van der Waals surface area (Å²) in [5, 5.41) is 9.40. The topological polar surface area (TPSA) is 89.9 Å². The van der Waals surface area contributed by atoms with Crippen molar-refractivity contribution in [3.05, 3.63) is 59.7 Å². The molecule has 1 fully saturated rings. The highest BCUT2D eigenvalue weighted by Gasteiger charge is 2.28. The minimum Gasteiger partial charge on any atom is -0.508 e. The number of carbonyl (C=O) groups is 1. The Morgan fingerprint density at radius 2 is 1.74 bits per heavy atom. The van der Waals surface area contributed by atoms with Gasteiger partial charge in [0.25, 0.3) is 0 Å². The van der Waals surface area contributed by atoms with E-state index in [4.69, 9.17) is 8.92 Å². The fourth-order valence-corrected chi connectivity index (χ4v) is 3.60. The summed E-state index contributed by atoms with van der Waals surface area (Å²) in [6, 6.07) is 13.6. The number of benzene rings is 2. The van der Waals surface area contributed by atoms with Gasteiger partial charge < -0.3 is 14.0 Å². The van der Waals surface area contributed by atoms with Crippen LogP contribution in [-0.2, 0) is 26.1 Å². The molecule has 2 aromatic carbocycles. The average Bonchev–Trinajstić information content (AvgIpc) is 2.60. The van der Waals surface area contributed by atoms with Crippen LogP contribution in [0.5, 0.6) is 11.5 Å². The van der Waals surface area contributed by atoms with Crippen LogP contribution in [0.4, 0.5) is 0 Å². The van der Waals surface area contributed by atoms with Crippen molar-refractivity contribution in [3.8, 4) is 11.5 Å². The number of aryl methyl sites for hydroxylation is 1. The van der Waals surface area contributed by atoms with E-state index in [-0.39, 0.29) is 29.5 Å². The van der Waals surface area contributed by atoms with Gasteiger partial charge in [0, 0.05) is 12.8 Å². The zero-order valence-electron chi connectivity index (χ0n) is 15.0. The number of hydrogen-bond donors (Lipinski definition) is 1. The average molecular weight is 390 g/mol. The summed E-state index contributed by atoms with van der Waals surface area (Å²) in [6.45, 7) is 0. The second-order valence-electron chi connectivity index (χ2n) is 6.76. The quantitative estimate of drug-likeness (QED) is 0.762. The molecule has 27 heavy (non-hydrogen) atoms. The number of hydrogen-bond acceptors (Lipinski definition) is 6. The highest BCUT2D eigenvalue weighted by molar-refractivity contribution is 7.86. The zero-order chi connectivity index (χ0) is 19.4. The Labute approximate surface area is 158 Å². The van der Waals surface area contributed by atoms with Crippen molar-refractivity contribution < 1.29 is 27.2 Å². The molecule has 3 rings (SSSR count). The third-order valence-corrected chi connectivity index (χ3v) is 4.91. The fourth-order valence-electron chi connectivity index (χ4n) is 3.14. The van der Waals surface area contributed by atoms with Gasteiger partial charge >= 0.3 is 10.1 Å². The minimum absolute atomic E-state index is 0.168. The standard InChI is InChI=1S/C20H22O6S/c1-27(23,24)26-18-9-2-14(3-10-18)4-11-19-12-17(22)13-20(25-19)15-5-7-16(21)8-6-15/h2-3,5-10,19-21H,4,11-13H2,1H3/t19-,20-/m0/s1. The summed E-state index contributed by atoms with van der Waals surface area (Å²) in [7, 11) is -3.53. The minimum atomic E-state index is -3.53. The summed E-state index contributed by atoms with van der Waals surface area (Å²) in [4.78, 5) is 12.1. The fraction of sp³-hybridized carbons (Fsp3) is 0.350. The van der Waals surface area contributed by atoms with Gasteiger partial charge in [-0.15, -0.1) is 0 Å². The predicted octanol–water partition coefficient (Wildman–Crippen LogP) is 3.15. The summed E-state index contributed by atoms with van der Waals surface area (Å²) in [5.74, 6) is 0.625. The Hall–Kier alpha value is -2.38. The molecule has 1 aliphatic rings. The molecule has 0 aromatic heterocycles. The Balaban J connectivity index is 1.58. The predicted molar refractivity (Wildman–Crippen MR) is 100 cm³/mol.